The number of hydrogen-bond donors (Lipinski definition) is 0. The van der Waals surface area contributed by atoms with Gasteiger partial charge in [0.25, 0.3) is 5.78 Å². The maximum atomic E-state index is 13.1. The maximum absolute atomic E-state index is 13.1. The molecule has 0 aliphatic carbocycles. The molecule has 0 bridgehead atoms. The lowest BCUT2D eigenvalue weighted by molar-refractivity contribution is -0.138. The van der Waals surface area contributed by atoms with Crippen molar-refractivity contribution < 1.29 is 35.5 Å². The van der Waals surface area contributed by atoms with Gasteiger partial charge in [0.2, 0.25) is 0 Å². The highest BCUT2D eigenvalue weighted by atomic mass is 79.9. The summed E-state index contributed by atoms with van der Waals surface area (Å²) in [6.45, 7) is 0. The highest BCUT2D eigenvalue weighted by molar-refractivity contribution is 9.10. The van der Waals surface area contributed by atoms with Crippen molar-refractivity contribution >= 4 is 21.7 Å². The van der Waals surface area contributed by atoms with E-state index < -0.39 is 39.6 Å². The molecule has 1 nitrogen and oxygen atoms in total. The Kier molecular flexibility index (Phi) is 3.75. The first kappa shape index (κ1) is 14.9. The fraction of sp³-hybridized carbons (Fsp3) is 0.222. The number of hydrogen-bond acceptors (Lipinski definition) is 1. The van der Waals surface area contributed by atoms with E-state index in [1.807, 2.05) is 0 Å². The van der Waals surface area contributed by atoms with Gasteiger partial charge in [-0.05, 0) is 28.1 Å². The van der Waals surface area contributed by atoms with Crippen molar-refractivity contribution in [1.29, 1.82) is 0 Å². The molecule has 0 aliphatic rings. The second-order valence-corrected chi connectivity index (χ2v) is 3.94. The maximum Gasteiger partial charge on any atom is 0.454 e. The SMILES string of the molecule is O=C(c1cc(F)c(Br)c(C(F)(F)F)c1)C(F)(F)F. The molecule has 0 spiro atoms. The van der Waals surface area contributed by atoms with Crippen molar-refractivity contribution in [2.45, 2.75) is 12.4 Å². The predicted molar refractivity (Wildman–Crippen MR) is 49.5 cm³/mol. The Hall–Kier alpha value is -1.12. The fourth-order valence-corrected chi connectivity index (χ4v) is 1.54. The Morgan fingerprint density at radius 3 is 1.94 bits per heavy atom. The summed E-state index contributed by atoms with van der Waals surface area (Å²) in [5.74, 6) is -4.14. The molecule has 0 amide bonds. The lowest BCUT2D eigenvalue weighted by Gasteiger charge is -2.12. The summed E-state index contributed by atoms with van der Waals surface area (Å²) in [5.41, 5.74) is -3.09. The van der Waals surface area contributed by atoms with E-state index in [9.17, 15) is 35.5 Å². The van der Waals surface area contributed by atoms with Gasteiger partial charge in [-0.1, -0.05) is 0 Å². The molecule has 0 unspecified atom stereocenters. The summed E-state index contributed by atoms with van der Waals surface area (Å²) < 4.78 is 85.2. The summed E-state index contributed by atoms with van der Waals surface area (Å²) in [4.78, 5) is 10.7. The molecule has 18 heavy (non-hydrogen) atoms. The third-order valence-electron chi connectivity index (χ3n) is 1.85. The highest BCUT2D eigenvalue weighted by Crippen LogP contribution is 2.37. The van der Waals surface area contributed by atoms with Crippen molar-refractivity contribution in [3.05, 3.63) is 33.5 Å². The van der Waals surface area contributed by atoms with Crippen LogP contribution in [0.25, 0.3) is 0 Å². The van der Waals surface area contributed by atoms with Gasteiger partial charge in [-0.25, -0.2) is 4.39 Å². The van der Waals surface area contributed by atoms with Crippen LogP contribution in [0.4, 0.5) is 30.7 Å². The Balaban J connectivity index is 3.43. The van der Waals surface area contributed by atoms with Gasteiger partial charge in [0.15, 0.2) is 0 Å². The summed E-state index contributed by atoms with van der Waals surface area (Å²) in [7, 11) is 0. The van der Waals surface area contributed by atoms with Crippen LogP contribution in [0.5, 0.6) is 0 Å². The van der Waals surface area contributed by atoms with Crippen LogP contribution in [0.15, 0.2) is 16.6 Å². The number of halogens is 8. The predicted octanol–water partition coefficient (Wildman–Crippen LogP) is 4.35. The minimum Gasteiger partial charge on any atom is -0.284 e. The monoisotopic (exact) mass is 338 g/mol. The van der Waals surface area contributed by atoms with Crippen LogP contribution < -0.4 is 0 Å². The Bertz CT molecular complexity index is 489. The van der Waals surface area contributed by atoms with Gasteiger partial charge < -0.3 is 0 Å². The quantitative estimate of drug-likeness (QED) is 0.549. The third kappa shape index (κ3) is 3.01. The van der Waals surface area contributed by atoms with Gasteiger partial charge in [-0.3, -0.25) is 4.79 Å². The molecular weight excluding hydrogens is 337 g/mol. The van der Waals surface area contributed by atoms with Crippen LogP contribution in [-0.2, 0) is 6.18 Å². The minimum absolute atomic E-state index is 0.0526. The topological polar surface area (TPSA) is 17.1 Å². The molecule has 0 radical (unpaired) electrons. The molecule has 0 heterocycles. The van der Waals surface area contributed by atoms with Crippen LogP contribution in [-0.4, -0.2) is 12.0 Å². The number of carbonyl (C=O) groups excluding carboxylic acids is 1. The number of alkyl halides is 6. The van der Waals surface area contributed by atoms with Crippen LogP contribution in [0, 0.1) is 5.82 Å². The van der Waals surface area contributed by atoms with Gasteiger partial charge in [0.05, 0.1) is 10.0 Å². The first-order valence-electron chi connectivity index (χ1n) is 4.12. The first-order valence-corrected chi connectivity index (χ1v) is 4.91. The Labute approximate surface area is 104 Å². The summed E-state index contributed by atoms with van der Waals surface area (Å²) in [6.07, 6.45) is -10.5. The summed E-state index contributed by atoms with van der Waals surface area (Å²) in [6, 6.07) is 0.0398. The van der Waals surface area contributed by atoms with E-state index in [-0.39, 0.29) is 12.1 Å². The van der Waals surface area contributed by atoms with Crippen LogP contribution in [0.1, 0.15) is 15.9 Å². The molecule has 100 valence electrons. The third-order valence-corrected chi connectivity index (χ3v) is 2.66. The molecule has 9 heteroatoms. The van der Waals surface area contributed by atoms with Crippen LogP contribution in [0.2, 0.25) is 0 Å². The Morgan fingerprint density at radius 1 is 1.06 bits per heavy atom. The van der Waals surface area contributed by atoms with Crippen molar-refractivity contribution in [3.8, 4) is 0 Å². The molecular formula is C9H2BrF7O. The Morgan fingerprint density at radius 2 is 1.56 bits per heavy atom. The average molecular weight is 339 g/mol. The highest BCUT2D eigenvalue weighted by Gasteiger charge is 2.42. The summed E-state index contributed by atoms with van der Waals surface area (Å²) in [5, 5.41) is 0. The number of Topliss-reactive ketones (excluding diaryl/α,β-unsaturated/α-hetero) is 1. The van der Waals surface area contributed by atoms with Crippen molar-refractivity contribution in [3.63, 3.8) is 0 Å². The van der Waals surface area contributed by atoms with E-state index in [1.165, 1.54) is 0 Å². The molecule has 1 aromatic rings. The number of ketones is 1. The zero-order chi connectivity index (χ0) is 14.3. The smallest absolute Gasteiger partial charge is 0.284 e. The number of carbonyl (C=O) groups is 1. The normalized spacial score (nSPS) is 12.7. The standard InChI is InChI=1S/C9H2BrF7O/c10-6-4(8(12,13)14)1-3(2-5(6)11)7(18)9(15,16)17/h1-2H. The molecule has 0 aromatic heterocycles. The van der Waals surface area contributed by atoms with E-state index in [0.29, 0.717) is 0 Å². The van der Waals surface area contributed by atoms with Crippen molar-refractivity contribution in [2.75, 3.05) is 0 Å². The van der Waals surface area contributed by atoms with Gasteiger partial charge in [-0.15, -0.1) is 0 Å². The molecule has 0 N–H and O–H groups in total. The molecule has 0 atom stereocenters. The molecule has 0 saturated heterocycles. The molecule has 1 rings (SSSR count). The molecule has 0 aliphatic heterocycles. The zero-order valence-electron chi connectivity index (χ0n) is 8.09. The van der Waals surface area contributed by atoms with E-state index in [0.717, 1.165) is 0 Å². The molecule has 0 fully saturated rings. The molecule has 1 aromatic carbocycles. The van der Waals surface area contributed by atoms with Gasteiger partial charge >= 0.3 is 12.4 Å². The second kappa shape index (κ2) is 4.52. The fourth-order valence-electron chi connectivity index (χ4n) is 1.09. The van der Waals surface area contributed by atoms with Gasteiger partial charge in [0, 0.05) is 5.56 Å². The zero-order valence-corrected chi connectivity index (χ0v) is 9.67. The minimum atomic E-state index is -5.37. The second-order valence-electron chi connectivity index (χ2n) is 3.14. The number of benzene rings is 1. The number of rotatable bonds is 1. The van der Waals surface area contributed by atoms with Crippen molar-refractivity contribution in [1.82, 2.24) is 0 Å². The largest absolute Gasteiger partial charge is 0.454 e. The summed E-state index contributed by atoms with van der Waals surface area (Å²) >= 11 is 2.26. The van der Waals surface area contributed by atoms with Gasteiger partial charge in [0.1, 0.15) is 5.82 Å². The van der Waals surface area contributed by atoms with E-state index in [1.54, 1.807) is 0 Å². The lowest BCUT2D eigenvalue weighted by atomic mass is 10.1. The molecule has 0 saturated carbocycles. The van der Waals surface area contributed by atoms with E-state index >= 15 is 0 Å². The van der Waals surface area contributed by atoms with E-state index in [4.69, 9.17) is 0 Å². The average Bonchev–Trinajstić information content (AvgIpc) is 2.17. The van der Waals surface area contributed by atoms with Crippen LogP contribution in [0.3, 0.4) is 0 Å². The van der Waals surface area contributed by atoms with E-state index in [2.05, 4.69) is 15.9 Å². The van der Waals surface area contributed by atoms with Gasteiger partial charge in [-0.2, -0.15) is 26.3 Å². The lowest BCUT2D eigenvalue weighted by Crippen LogP contribution is -2.23. The first-order chi connectivity index (χ1) is 7.94. The van der Waals surface area contributed by atoms with Crippen LogP contribution >= 0.6 is 15.9 Å². The van der Waals surface area contributed by atoms with Crippen molar-refractivity contribution in [2.24, 2.45) is 0 Å².